The second-order valence-corrected chi connectivity index (χ2v) is 7.48. The number of anilines is 1. The van der Waals surface area contributed by atoms with Crippen LogP contribution in [0.3, 0.4) is 0 Å². The van der Waals surface area contributed by atoms with Gasteiger partial charge in [0.15, 0.2) is 0 Å². The van der Waals surface area contributed by atoms with Gasteiger partial charge in [0, 0.05) is 0 Å². The van der Waals surface area contributed by atoms with Gasteiger partial charge in [-0.3, -0.25) is 24.6 Å². The monoisotopic (exact) mass is 405 g/mol. The number of carboxylic acids is 2. The fourth-order valence-corrected chi connectivity index (χ4v) is 3.86. The summed E-state index contributed by atoms with van der Waals surface area (Å²) in [5.74, 6) is -1.83. The van der Waals surface area contributed by atoms with E-state index in [2.05, 4.69) is 10.6 Å². The van der Waals surface area contributed by atoms with Crippen LogP contribution in [0.15, 0.2) is 24.3 Å². The second kappa shape index (κ2) is 9.71. The number of amides is 1. The predicted molar refractivity (Wildman–Crippen MR) is 105 cm³/mol. The molecule has 0 aromatic heterocycles. The first-order chi connectivity index (χ1) is 14.0. The molecular formula is C20H27N3O6. The highest BCUT2D eigenvalue weighted by molar-refractivity contribution is 6.02. The van der Waals surface area contributed by atoms with Gasteiger partial charge < -0.3 is 20.3 Å². The summed E-state index contributed by atoms with van der Waals surface area (Å²) in [5, 5.41) is 25.1. The summed E-state index contributed by atoms with van der Waals surface area (Å²) in [6, 6.07) is 4.84. The van der Waals surface area contributed by atoms with Gasteiger partial charge in [-0.15, -0.1) is 0 Å². The minimum atomic E-state index is -1.16. The minimum absolute atomic E-state index is 0.0664. The highest BCUT2D eigenvalue weighted by Gasteiger charge is 2.35. The first-order valence-electron chi connectivity index (χ1n) is 9.90. The van der Waals surface area contributed by atoms with E-state index in [9.17, 15) is 24.6 Å². The number of carboxylic acid groups (broad SMARTS) is 2. The third-order valence-corrected chi connectivity index (χ3v) is 5.44. The van der Waals surface area contributed by atoms with Crippen molar-refractivity contribution in [2.75, 3.05) is 31.1 Å². The zero-order valence-electron chi connectivity index (χ0n) is 16.2. The number of benzene rings is 1. The molecule has 4 N–H and O–H groups in total. The molecule has 2 aliphatic rings. The van der Waals surface area contributed by atoms with Crippen molar-refractivity contribution in [1.82, 2.24) is 10.6 Å². The van der Waals surface area contributed by atoms with Gasteiger partial charge in [0.05, 0.1) is 5.69 Å². The Morgan fingerprint density at radius 2 is 1.97 bits per heavy atom. The molecule has 1 aromatic carbocycles. The molecular weight excluding hydrogens is 378 g/mol. The molecule has 0 bridgehead atoms. The summed E-state index contributed by atoms with van der Waals surface area (Å²) in [7, 11) is 0. The van der Waals surface area contributed by atoms with E-state index < -0.39 is 36.5 Å². The Balaban J connectivity index is 1.71. The third-order valence-electron chi connectivity index (χ3n) is 5.44. The van der Waals surface area contributed by atoms with Crippen molar-refractivity contribution in [3.8, 4) is 5.75 Å². The van der Waals surface area contributed by atoms with Gasteiger partial charge in [0.2, 0.25) is 5.91 Å². The maximum absolute atomic E-state index is 13.0. The van der Waals surface area contributed by atoms with Gasteiger partial charge in [-0.05, 0) is 56.8 Å². The molecule has 0 spiro atoms. The molecule has 0 saturated carbocycles. The average molecular weight is 405 g/mol. The molecule has 9 heteroatoms. The number of nitrogens with zero attached hydrogens (tertiary/aromatic N) is 1. The SMILES string of the molecule is O=C(O)CN1C(=O)C(N[C@@H](CCC2CCNCC2)C(=O)O)COc2ccccc21. The van der Waals surface area contributed by atoms with Gasteiger partial charge in [-0.2, -0.15) is 0 Å². The van der Waals surface area contributed by atoms with Crippen LogP contribution in [-0.2, 0) is 14.4 Å². The van der Waals surface area contributed by atoms with E-state index in [1.807, 2.05) is 0 Å². The van der Waals surface area contributed by atoms with Crippen molar-refractivity contribution >= 4 is 23.5 Å². The molecule has 0 radical (unpaired) electrons. The fraction of sp³-hybridized carbons (Fsp3) is 0.550. The number of hydrogen-bond donors (Lipinski definition) is 4. The number of hydrogen-bond acceptors (Lipinski definition) is 6. The van der Waals surface area contributed by atoms with Crippen molar-refractivity contribution in [3.63, 3.8) is 0 Å². The zero-order chi connectivity index (χ0) is 20.8. The predicted octanol–water partition coefficient (Wildman–Crippen LogP) is 0.688. The van der Waals surface area contributed by atoms with Gasteiger partial charge in [0.25, 0.3) is 0 Å². The summed E-state index contributed by atoms with van der Waals surface area (Å²) in [4.78, 5) is 37.2. The van der Waals surface area contributed by atoms with Gasteiger partial charge in [-0.1, -0.05) is 12.1 Å². The quantitative estimate of drug-likeness (QED) is 0.497. The maximum Gasteiger partial charge on any atom is 0.323 e. The number of aliphatic carboxylic acids is 2. The van der Waals surface area contributed by atoms with Crippen molar-refractivity contribution in [2.45, 2.75) is 37.8 Å². The highest BCUT2D eigenvalue weighted by atomic mass is 16.5. The lowest BCUT2D eigenvalue weighted by Gasteiger charge is -2.27. The molecule has 2 aliphatic heterocycles. The molecule has 9 nitrogen and oxygen atoms in total. The Labute approximate surface area is 169 Å². The summed E-state index contributed by atoms with van der Waals surface area (Å²) in [6.45, 7) is 1.29. The standard InChI is InChI=1S/C20H27N3O6/c24-18(25)11-23-16-3-1-2-4-17(16)29-12-15(19(23)26)22-14(20(27)28)6-5-13-7-9-21-10-8-13/h1-4,13-15,21-22H,5-12H2,(H,24,25)(H,27,28)/t14-,15?/m0/s1. The summed E-state index contributed by atoms with van der Waals surface area (Å²) < 4.78 is 5.70. The van der Waals surface area contributed by atoms with Gasteiger partial charge in [0.1, 0.15) is 31.0 Å². The molecule has 1 unspecified atom stereocenters. The van der Waals surface area contributed by atoms with E-state index in [1.54, 1.807) is 24.3 Å². The molecule has 29 heavy (non-hydrogen) atoms. The smallest absolute Gasteiger partial charge is 0.323 e. The summed E-state index contributed by atoms with van der Waals surface area (Å²) in [6.07, 6.45) is 3.18. The largest absolute Gasteiger partial charge is 0.489 e. The fourth-order valence-electron chi connectivity index (χ4n) is 3.86. The van der Waals surface area contributed by atoms with Crippen LogP contribution in [0.4, 0.5) is 5.69 Å². The van der Waals surface area contributed by atoms with E-state index in [-0.39, 0.29) is 6.61 Å². The van der Waals surface area contributed by atoms with Crippen molar-refractivity contribution in [2.24, 2.45) is 5.92 Å². The lowest BCUT2D eigenvalue weighted by Crippen LogP contribution is -2.54. The lowest BCUT2D eigenvalue weighted by molar-refractivity contribution is -0.141. The molecule has 0 aliphatic carbocycles. The van der Waals surface area contributed by atoms with Crippen LogP contribution in [0.2, 0.25) is 0 Å². The van der Waals surface area contributed by atoms with E-state index in [0.717, 1.165) is 37.3 Å². The van der Waals surface area contributed by atoms with E-state index in [0.29, 0.717) is 23.8 Å². The lowest BCUT2D eigenvalue weighted by atomic mass is 9.91. The molecule has 1 saturated heterocycles. The summed E-state index contributed by atoms with van der Waals surface area (Å²) in [5.41, 5.74) is 0.366. The Morgan fingerprint density at radius 3 is 2.66 bits per heavy atom. The highest BCUT2D eigenvalue weighted by Crippen LogP contribution is 2.31. The number of rotatable bonds is 8. The summed E-state index contributed by atoms with van der Waals surface area (Å²) >= 11 is 0. The molecule has 1 aromatic rings. The van der Waals surface area contributed by atoms with Crippen LogP contribution in [0, 0.1) is 5.92 Å². The second-order valence-electron chi connectivity index (χ2n) is 7.48. The molecule has 2 atom stereocenters. The molecule has 3 rings (SSSR count). The minimum Gasteiger partial charge on any atom is -0.489 e. The molecule has 2 heterocycles. The van der Waals surface area contributed by atoms with Gasteiger partial charge in [-0.25, -0.2) is 0 Å². The Bertz CT molecular complexity index is 749. The molecule has 158 valence electrons. The van der Waals surface area contributed by atoms with E-state index in [1.165, 1.54) is 0 Å². The Morgan fingerprint density at radius 1 is 1.24 bits per heavy atom. The number of para-hydroxylation sites is 2. The number of piperidine rings is 1. The van der Waals surface area contributed by atoms with Crippen molar-refractivity contribution in [3.05, 3.63) is 24.3 Å². The van der Waals surface area contributed by atoms with Crippen LogP contribution < -0.4 is 20.3 Å². The zero-order valence-corrected chi connectivity index (χ0v) is 16.2. The average Bonchev–Trinajstić information content (AvgIpc) is 2.83. The number of nitrogens with one attached hydrogen (secondary N) is 2. The topological polar surface area (TPSA) is 128 Å². The number of ether oxygens (including phenoxy) is 1. The molecule has 1 amide bonds. The van der Waals surface area contributed by atoms with Crippen molar-refractivity contribution in [1.29, 1.82) is 0 Å². The normalized spacial score (nSPS) is 21.0. The van der Waals surface area contributed by atoms with Crippen LogP contribution in [0.25, 0.3) is 0 Å². The van der Waals surface area contributed by atoms with E-state index >= 15 is 0 Å². The van der Waals surface area contributed by atoms with Crippen LogP contribution in [0.5, 0.6) is 5.75 Å². The first-order valence-corrected chi connectivity index (χ1v) is 9.90. The third kappa shape index (κ3) is 5.45. The van der Waals surface area contributed by atoms with Crippen molar-refractivity contribution < 1.29 is 29.3 Å². The van der Waals surface area contributed by atoms with Gasteiger partial charge >= 0.3 is 11.9 Å². The van der Waals surface area contributed by atoms with Crippen LogP contribution in [-0.4, -0.2) is 66.4 Å². The maximum atomic E-state index is 13.0. The van der Waals surface area contributed by atoms with Crippen LogP contribution in [0.1, 0.15) is 25.7 Å². The molecule has 1 fully saturated rings. The number of carbonyl (C=O) groups excluding carboxylic acids is 1. The van der Waals surface area contributed by atoms with Crippen LogP contribution >= 0.6 is 0 Å². The Hall–Kier alpha value is -2.65. The van der Waals surface area contributed by atoms with E-state index in [4.69, 9.17) is 4.74 Å². The number of fused-ring (bicyclic) bond motifs is 1. The Kier molecular flexibility index (Phi) is 7.05. The number of carbonyl (C=O) groups is 3. The first kappa shape index (κ1) is 21.1.